The van der Waals surface area contributed by atoms with E-state index in [1.807, 2.05) is 6.92 Å². The third-order valence-electron chi connectivity index (χ3n) is 3.18. The molecule has 0 aromatic carbocycles. The number of likely N-dealkylation sites (tertiary alicyclic amines) is 1. The maximum absolute atomic E-state index is 11.4. The summed E-state index contributed by atoms with van der Waals surface area (Å²) in [6.07, 6.45) is 4.85. The second-order valence-electron chi connectivity index (χ2n) is 3.99. The van der Waals surface area contributed by atoms with Gasteiger partial charge in [0.15, 0.2) is 0 Å². The first kappa shape index (κ1) is 11.5. The van der Waals surface area contributed by atoms with Crippen molar-refractivity contribution < 1.29 is 9.53 Å². The summed E-state index contributed by atoms with van der Waals surface area (Å²) in [7, 11) is 1.46. The molecule has 0 amide bonds. The van der Waals surface area contributed by atoms with Crippen LogP contribution in [0.25, 0.3) is 0 Å². The summed E-state index contributed by atoms with van der Waals surface area (Å²) in [5.41, 5.74) is 0. The minimum Gasteiger partial charge on any atom is -0.468 e. The Morgan fingerprint density at radius 2 is 2.29 bits per heavy atom. The molecule has 2 unspecified atom stereocenters. The van der Waals surface area contributed by atoms with Crippen LogP contribution in [0.5, 0.6) is 0 Å². The number of piperidine rings is 1. The van der Waals surface area contributed by atoms with Crippen molar-refractivity contribution in [3.8, 4) is 0 Å². The van der Waals surface area contributed by atoms with Crippen LogP contribution in [0.15, 0.2) is 0 Å². The van der Waals surface area contributed by atoms with Gasteiger partial charge in [-0.1, -0.05) is 13.3 Å². The van der Waals surface area contributed by atoms with Crippen molar-refractivity contribution in [3.05, 3.63) is 0 Å². The Morgan fingerprint density at radius 1 is 1.57 bits per heavy atom. The van der Waals surface area contributed by atoms with E-state index in [-0.39, 0.29) is 12.0 Å². The third-order valence-corrected chi connectivity index (χ3v) is 3.18. The smallest absolute Gasteiger partial charge is 0.322 e. The predicted molar refractivity (Wildman–Crippen MR) is 56.1 cm³/mol. The van der Waals surface area contributed by atoms with Gasteiger partial charge >= 0.3 is 5.97 Å². The van der Waals surface area contributed by atoms with E-state index in [0.717, 1.165) is 13.0 Å². The summed E-state index contributed by atoms with van der Waals surface area (Å²) in [5.74, 6) is -0.106. The Bertz CT molecular complexity index is 194. The van der Waals surface area contributed by atoms with Crippen LogP contribution in [0.4, 0.5) is 0 Å². The second kappa shape index (κ2) is 5.35. The van der Waals surface area contributed by atoms with E-state index in [1.165, 1.54) is 26.4 Å². The zero-order chi connectivity index (χ0) is 10.6. The fourth-order valence-electron chi connectivity index (χ4n) is 2.28. The standard InChI is InChI=1S/C11H21NO2/c1-4-10-7-5-6-8-12(10)9(2)11(13)14-3/h9-10H,4-8H2,1-3H3. The van der Waals surface area contributed by atoms with E-state index in [2.05, 4.69) is 11.8 Å². The molecule has 0 aromatic rings. The van der Waals surface area contributed by atoms with Crippen LogP contribution >= 0.6 is 0 Å². The van der Waals surface area contributed by atoms with Gasteiger partial charge in [0.05, 0.1) is 7.11 Å². The van der Waals surface area contributed by atoms with Gasteiger partial charge in [-0.25, -0.2) is 0 Å². The highest BCUT2D eigenvalue weighted by atomic mass is 16.5. The lowest BCUT2D eigenvalue weighted by Gasteiger charge is -2.38. The van der Waals surface area contributed by atoms with E-state index < -0.39 is 0 Å². The Hall–Kier alpha value is -0.570. The zero-order valence-corrected chi connectivity index (χ0v) is 9.45. The van der Waals surface area contributed by atoms with Gasteiger partial charge in [-0.2, -0.15) is 0 Å². The van der Waals surface area contributed by atoms with Gasteiger partial charge in [0, 0.05) is 6.04 Å². The van der Waals surface area contributed by atoms with Gasteiger partial charge < -0.3 is 4.74 Å². The molecule has 1 saturated heterocycles. The fraction of sp³-hybridized carbons (Fsp3) is 0.909. The van der Waals surface area contributed by atoms with Crippen molar-refractivity contribution in [1.29, 1.82) is 0 Å². The van der Waals surface area contributed by atoms with Crippen LogP contribution in [0, 0.1) is 0 Å². The first-order valence-corrected chi connectivity index (χ1v) is 5.54. The van der Waals surface area contributed by atoms with Crippen LogP contribution in [-0.2, 0) is 9.53 Å². The van der Waals surface area contributed by atoms with Crippen molar-refractivity contribution in [2.45, 2.75) is 51.6 Å². The van der Waals surface area contributed by atoms with Crippen LogP contribution in [-0.4, -0.2) is 36.6 Å². The average Bonchev–Trinajstić information content (AvgIpc) is 2.26. The first-order valence-electron chi connectivity index (χ1n) is 5.54. The Balaban J connectivity index is 2.58. The third kappa shape index (κ3) is 2.47. The van der Waals surface area contributed by atoms with Gasteiger partial charge in [-0.15, -0.1) is 0 Å². The molecule has 0 radical (unpaired) electrons. The van der Waals surface area contributed by atoms with Gasteiger partial charge in [0.1, 0.15) is 6.04 Å². The Labute approximate surface area is 86.4 Å². The van der Waals surface area contributed by atoms with Gasteiger partial charge in [0.25, 0.3) is 0 Å². The van der Waals surface area contributed by atoms with E-state index in [1.54, 1.807) is 0 Å². The quantitative estimate of drug-likeness (QED) is 0.649. The average molecular weight is 199 g/mol. The number of hydrogen-bond donors (Lipinski definition) is 0. The monoisotopic (exact) mass is 199 g/mol. The molecule has 0 aliphatic carbocycles. The number of methoxy groups -OCH3 is 1. The van der Waals surface area contributed by atoms with Crippen LogP contribution in [0.2, 0.25) is 0 Å². The number of hydrogen-bond acceptors (Lipinski definition) is 3. The molecule has 14 heavy (non-hydrogen) atoms. The lowest BCUT2D eigenvalue weighted by Crippen LogP contribution is -2.48. The van der Waals surface area contributed by atoms with E-state index >= 15 is 0 Å². The summed E-state index contributed by atoms with van der Waals surface area (Å²) in [4.78, 5) is 13.7. The number of ether oxygens (including phenoxy) is 1. The van der Waals surface area contributed by atoms with Crippen molar-refractivity contribution in [2.75, 3.05) is 13.7 Å². The van der Waals surface area contributed by atoms with Crippen molar-refractivity contribution in [1.82, 2.24) is 4.90 Å². The fourth-order valence-corrected chi connectivity index (χ4v) is 2.28. The molecule has 2 atom stereocenters. The number of rotatable bonds is 3. The van der Waals surface area contributed by atoms with Gasteiger partial charge in [-0.3, -0.25) is 9.69 Å². The minimum absolute atomic E-state index is 0.0785. The zero-order valence-electron chi connectivity index (χ0n) is 9.45. The van der Waals surface area contributed by atoms with Crippen LogP contribution in [0.3, 0.4) is 0 Å². The molecule has 0 saturated carbocycles. The van der Waals surface area contributed by atoms with E-state index in [0.29, 0.717) is 6.04 Å². The first-order chi connectivity index (χ1) is 6.70. The molecule has 82 valence electrons. The number of nitrogens with zero attached hydrogens (tertiary/aromatic N) is 1. The summed E-state index contributed by atoms with van der Waals surface area (Å²) in [5, 5.41) is 0. The Kier molecular flexibility index (Phi) is 4.39. The highest BCUT2D eigenvalue weighted by Crippen LogP contribution is 2.22. The lowest BCUT2D eigenvalue weighted by molar-refractivity contribution is -0.147. The summed E-state index contributed by atoms with van der Waals surface area (Å²) < 4.78 is 4.78. The van der Waals surface area contributed by atoms with Crippen molar-refractivity contribution >= 4 is 5.97 Å². The highest BCUT2D eigenvalue weighted by Gasteiger charge is 2.29. The maximum Gasteiger partial charge on any atom is 0.322 e. The van der Waals surface area contributed by atoms with E-state index in [4.69, 9.17) is 4.74 Å². The lowest BCUT2D eigenvalue weighted by atomic mass is 9.98. The molecular weight excluding hydrogens is 178 g/mol. The topological polar surface area (TPSA) is 29.5 Å². The molecule has 3 heteroatoms. The molecular formula is C11H21NO2. The normalized spacial score (nSPS) is 25.8. The van der Waals surface area contributed by atoms with Crippen molar-refractivity contribution in [2.24, 2.45) is 0 Å². The molecule has 0 N–H and O–H groups in total. The van der Waals surface area contributed by atoms with Crippen LogP contribution in [0.1, 0.15) is 39.5 Å². The van der Waals surface area contributed by atoms with Gasteiger partial charge in [0.2, 0.25) is 0 Å². The maximum atomic E-state index is 11.4. The molecule has 1 aliphatic rings. The highest BCUT2D eigenvalue weighted by molar-refractivity contribution is 5.75. The number of esters is 1. The summed E-state index contributed by atoms with van der Waals surface area (Å²) >= 11 is 0. The molecule has 1 fully saturated rings. The molecule has 3 nitrogen and oxygen atoms in total. The largest absolute Gasteiger partial charge is 0.468 e. The van der Waals surface area contributed by atoms with E-state index in [9.17, 15) is 4.79 Å². The molecule has 0 bridgehead atoms. The van der Waals surface area contributed by atoms with Crippen LogP contribution < -0.4 is 0 Å². The molecule has 1 heterocycles. The minimum atomic E-state index is -0.106. The SMILES string of the molecule is CCC1CCCCN1C(C)C(=O)OC. The molecule has 0 spiro atoms. The number of carbonyl (C=O) groups excluding carboxylic acids is 1. The Morgan fingerprint density at radius 3 is 2.86 bits per heavy atom. The van der Waals surface area contributed by atoms with Crippen molar-refractivity contribution in [3.63, 3.8) is 0 Å². The number of carbonyl (C=O) groups is 1. The summed E-state index contributed by atoms with van der Waals surface area (Å²) in [6, 6.07) is 0.489. The molecule has 1 rings (SSSR count). The molecule has 0 aromatic heterocycles. The second-order valence-corrected chi connectivity index (χ2v) is 3.99. The predicted octanol–water partition coefficient (Wildman–Crippen LogP) is 1.81. The summed E-state index contributed by atoms with van der Waals surface area (Å²) in [6.45, 7) is 5.17. The molecule has 1 aliphatic heterocycles. The van der Waals surface area contributed by atoms with Gasteiger partial charge in [-0.05, 0) is 32.7 Å².